The molecule has 0 aliphatic heterocycles. The van der Waals surface area contributed by atoms with Crippen LogP contribution in [0.5, 0.6) is 0 Å². The minimum absolute atomic E-state index is 0.0686. The fourth-order valence-electron chi connectivity index (χ4n) is 4.49. The Balaban J connectivity index is 1.62. The first kappa shape index (κ1) is 20.7. The highest BCUT2D eigenvalue weighted by Gasteiger charge is 2.25. The van der Waals surface area contributed by atoms with Gasteiger partial charge in [0.05, 0.1) is 5.56 Å². The number of unbranched alkanes of at least 4 members (excludes halogenated alkanes) is 4. The number of benzene rings is 3. The molecule has 1 aliphatic rings. The fourth-order valence-corrected chi connectivity index (χ4v) is 4.49. The van der Waals surface area contributed by atoms with Gasteiger partial charge < -0.3 is 0 Å². The van der Waals surface area contributed by atoms with Crippen molar-refractivity contribution >= 4 is 0 Å². The lowest BCUT2D eigenvalue weighted by atomic mass is 9.82. The molecular formula is C27H27F3. The van der Waals surface area contributed by atoms with E-state index in [2.05, 4.69) is 19.1 Å². The molecule has 0 unspecified atom stereocenters. The molecule has 0 atom stereocenters. The van der Waals surface area contributed by atoms with E-state index >= 15 is 4.39 Å². The van der Waals surface area contributed by atoms with Crippen LogP contribution in [0, 0.1) is 17.5 Å². The Hall–Kier alpha value is -2.55. The summed E-state index contributed by atoms with van der Waals surface area (Å²) in [5.74, 6) is -1.56. The summed E-state index contributed by atoms with van der Waals surface area (Å²) in [6, 6.07) is 13.1. The van der Waals surface area contributed by atoms with Crippen LogP contribution in [0.25, 0.3) is 22.3 Å². The molecule has 0 N–H and O–H groups in total. The van der Waals surface area contributed by atoms with Crippen LogP contribution in [0.2, 0.25) is 0 Å². The van der Waals surface area contributed by atoms with E-state index in [4.69, 9.17) is 0 Å². The first-order valence-electron chi connectivity index (χ1n) is 11.0. The third-order valence-corrected chi connectivity index (χ3v) is 6.13. The van der Waals surface area contributed by atoms with Gasteiger partial charge in [-0.15, -0.1) is 0 Å². The van der Waals surface area contributed by atoms with Gasteiger partial charge in [-0.3, -0.25) is 0 Å². The zero-order valence-corrected chi connectivity index (χ0v) is 17.4. The predicted molar refractivity (Wildman–Crippen MR) is 117 cm³/mol. The molecule has 0 fully saturated rings. The van der Waals surface area contributed by atoms with E-state index in [-0.39, 0.29) is 5.56 Å². The van der Waals surface area contributed by atoms with Crippen molar-refractivity contribution in [2.24, 2.45) is 0 Å². The van der Waals surface area contributed by atoms with Gasteiger partial charge in [0.2, 0.25) is 0 Å². The molecule has 1 aliphatic carbocycles. The maximum Gasteiger partial charge on any atom is 0.137 e. The van der Waals surface area contributed by atoms with E-state index in [9.17, 15) is 8.78 Å². The molecule has 0 amide bonds. The summed E-state index contributed by atoms with van der Waals surface area (Å²) < 4.78 is 43.5. The second-order valence-corrected chi connectivity index (χ2v) is 8.24. The average Bonchev–Trinajstić information content (AvgIpc) is 2.74. The summed E-state index contributed by atoms with van der Waals surface area (Å²) in [4.78, 5) is 0. The van der Waals surface area contributed by atoms with E-state index in [0.29, 0.717) is 23.1 Å². The minimum Gasteiger partial charge on any atom is -0.207 e. The van der Waals surface area contributed by atoms with Crippen molar-refractivity contribution in [1.29, 1.82) is 0 Å². The molecule has 3 aromatic carbocycles. The van der Waals surface area contributed by atoms with Crippen molar-refractivity contribution in [1.82, 2.24) is 0 Å². The van der Waals surface area contributed by atoms with Crippen molar-refractivity contribution in [2.45, 2.75) is 58.3 Å². The molecule has 0 heterocycles. The van der Waals surface area contributed by atoms with Crippen LogP contribution in [0.1, 0.15) is 55.7 Å². The maximum atomic E-state index is 15.3. The van der Waals surface area contributed by atoms with E-state index in [1.54, 1.807) is 0 Å². The highest BCUT2D eigenvalue weighted by atomic mass is 19.1. The van der Waals surface area contributed by atoms with Crippen molar-refractivity contribution in [3.8, 4) is 22.3 Å². The molecule has 0 aromatic heterocycles. The summed E-state index contributed by atoms with van der Waals surface area (Å²) in [5, 5.41) is 0. The van der Waals surface area contributed by atoms with E-state index in [1.165, 1.54) is 73.6 Å². The van der Waals surface area contributed by atoms with Crippen LogP contribution in [0.3, 0.4) is 0 Å². The molecule has 4 rings (SSSR count). The van der Waals surface area contributed by atoms with Crippen molar-refractivity contribution < 1.29 is 13.2 Å². The molecule has 0 saturated carbocycles. The smallest absolute Gasteiger partial charge is 0.137 e. The SMILES string of the molecule is CCCCCCCc1ccc2c(c1)CCc1c-2cc(F)c(-c2ccc(F)cc2)c1F. The quantitative estimate of drug-likeness (QED) is 0.347. The summed E-state index contributed by atoms with van der Waals surface area (Å²) in [6.07, 6.45) is 8.59. The second kappa shape index (κ2) is 9.07. The van der Waals surface area contributed by atoms with Gasteiger partial charge in [-0.05, 0) is 77.3 Å². The summed E-state index contributed by atoms with van der Waals surface area (Å²) in [5.41, 5.74) is 4.88. The molecule has 0 bridgehead atoms. The van der Waals surface area contributed by atoms with Crippen LogP contribution in [0.4, 0.5) is 13.2 Å². The van der Waals surface area contributed by atoms with Gasteiger partial charge in [0, 0.05) is 0 Å². The lowest BCUT2D eigenvalue weighted by molar-refractivity contribution is 0.577. The van der Waals surface area contributed by atoms with Gasteiger partial charge in [-0.1, -0.05) is 62.9 Å². The van der Waals surface area contributed by atoms with Crippen molar-refractivity contribution in [3.63, 3.8) is 0 Å². The van der Waals surface area contributed by atoms with Crippen LogP contribution in [-0.2, 0) is 19.3 Å². The van der Waals surface area contributed by atoms with Crippen LogP contribution in [0.15, 0.2) is 48.5 Å². The Morgan fingerprint density at radius 3 is 2.30 bits per heavy atom. The molecule has 30 heavy (non-hydrogen) atoms. The monoisotopic (exact) mass is 408 g/mol. The molecule has 0 radical (unpaired) electrons. The molecule has 3 aromatic rings. The van der Waals surface area contributed by atoms with Gasteiger partial charge in [-0.2, -0.15) is 0 Å². The molecule has 0 saturated heterocycles. The standard InChI is InChI=1S/C27H27F3/c1-2-3-4-5-6-7-18-8-14-22-20(16-18)11-15-23-24(22)17-25(29)26(27(23)30)19-9-12-21(28)13-10-19/h8-10,12-14,16-17H,2-7,11,15H2,1H3. The molecule has 156 valence electrons. The highest BCUT2D eigenvalue weighted by molar-refractivity contribution is 5.78. The Morgan fingerprint density at radius 2 is 1.53 bits per heavy atom. The first-order chi connectivity index (χ1) is 14.6. The zero-order chi connectivity index (χ0) is 21.1. The minimum atomic E-state index is -0.606. The molecule has 0 spiro atoms. The number of hydrogen-bond acceptors (Lipinski definition) is 0. The average molecular weight is 409 g/mol. The summed E-state index contributed by atoms with van der Waals surface area (Å²) in [6.45, 7) is 2.22. The number of rotatable bonds is 7. The maximum absolute atomic E-state index is 15.3. The van der Waals surface area contributed by atoms with Gasteiger partial charge >= 0.3 is 0 Å². The van der Waals surface area contributed by atoms with Gasteiger partial charge in [0.15, 0.2) is 0 Å². The topological polar surface area (TPSA) is 0 Å². The Morgan fingerprint density at radius 1 is 0.767 bits per heavy atom. The summed E-state index contributed by atoms with van der Waals surface area (Å²) >= 11 is 0. The van der Waals surface area contributed by atoms with Gasteiger partial charge in [0.1, 0.15) is 17.5 Å². The van der Waals surface area contributed by atoms with E-state index in [1.807, 2.05) is 6.07 Å². The Labute approximate surface area is 176 Å². The van der Waals surface area contributed by atoms with Gasteiger partial charge in [0.25, 0.3) is 0 Å². The fraction of sp³-hybridized carbons (Fsp3) is 0.333. The van der Waals surface area contributed by atoms with Gasteiger partial charge in [-0.25, -0.2) is 13.2 Å². The molecular weight excluding hydrogens is 381 g/mol. The predicted octanol–water partition coefficient (Wildman–Crippen LogP) is 8.05. The first-order valence-corrected chi connectivity index (χ1v) is 11.0. The van der Waals surface area contributed by atoms with E-state index < -0.39 is 17.5 Å². The third kappa shape index (κ3) is 4.16. The normalized spacial score (nSPS) is 12.5. The largest absolute Gasteiger partial charge is 0.207 e. The molecule has 0 nitrogen and oxygen atoms in total. The van der Waals surface area contributed by atoms with Crippen LogP contribution >= 0.6 is 0 Å². The number of aryl methyl sites for hydroxylation is 2. The Bertz CT molecular complexity index is 1030. The lowest BCUT2D eigenvalue weighted by Crippen LogP contribution is -2.09. The molecule has 3 heteroatoms. The zero-order valence-electron chi connectivity index (χ0n) is 17.4. The Kier molecular flexibility index (Phi) is 6.26. The third-order valence-electron chi connectivity index (χ3n) is 6.13. The second-order valence-electron chi connectivity index (χ2n) is 8.24. The van der Waals surface area contributed by atoms with Crippen molar-refractivity contribution in [2.75, 3.05) is 0 Å². The number of hydrogen-bond donors (Lipinski definition) is 0. The summed E-state index contributed by atoms with van der Waals surface area (Å²) in [7, 11) is 0. The van der Waals surface area contributed by atoms with E-state index in [0.717, 1.165) is 18.4 Å². The van der Waals surface area contributed by atoms with Crippen LogP contribution in [-0.4, -0.2) is 0 Å². The number of fused-ring (bicyclic) bond motifs is 3. The lowest BCUT2D eigenvalue weighted by Gasteiger charge is -2.23. The van der Waals surface area contributed by atoms with Crippen molar-refractivity contribution in [3.05, 3.63) is 82.7 Å². The van der Waals surface area contributed by atoms with Crippen LogP contribution < -0.4 is 0 Å². The highest BCUT2D eigenvalue weighted by Crippen LogP contribution is 2.40. The number of halogens is 3.